The lowest BCUT2D eigenvalue weighted by atomic mass is 10.2. The molecule has 27 heavy (non-hydrogen) atoms. The van der Waals surface area contributed by atoms with Gasteiger partial charge in [0.05, 0.1) is 5.69 Å². The number of aromatic nitrogens is 1. The molecule has 0 saturated heterocycles. The van der Waals surface area contributed by atoms with Crippen LogP contribution in [0.15, 0.2) is 60.0 Å². The minimum Gasteiger partial charge on any atom is -0.326 e. The molecule has 0 spiro atoms. The lowest BCUT2D eigenvalue weighted by molar-refractivity contribution is -0.116. The maximum Gasteiger partial charge on any atom is 0.325 e. The van der Waals surface area contributed by atoms with Crippen molar-refractivity contribution in [1.29, 1.82) is 0 Å². The lowest BCUT2D eigenvalue weighted by Gasteiger charge is -2.05. The first-order chi connectivity index (χ1) is 13.1. The Bertz CT molecular complexity index is 913. The number of urea groups is 1. The first-order valence-electron chi connectivity index (χ1n) is 8.21. The Kier molecular flexibility index (Phi) is 6.11. The van der Waals surface area contributed by atoms with Crippen LogP contribution in [0.1, 0.15) is 12.1 Å². The number of para-hydroxylation sites is 1. The van der Waals surface area contributed by atoms with Crippen LogP contribution in [0.4, 0.5) is 25.7 Å². The SMILES string of the molecule is O=C(CCc1csc(NC(=O)Nc2ccccc2)n1)Nc1ccc(F)cc1. The highest BCUT2D eigenvalue weighted by Crippen LogP contribution is 2.17. The molecule has 3 rings (SSSR count). The summed E-state index contributed by atoms with van der Waals surface area (Å²) >= 11 is 1.29. The number of anilines is 3. The van der Waals surface area contributed by atoms with E-state index in [0.717, 1.165) is 0 Å². The second-order valence-corrected chi connectivity index (χ2v) is 6.50. The van der Waals surface area contributed by atoms with E-state index in [1.165, 1.54) is 35.6 Å². The summed E-state index contributed by atoms with van der Waals surface area (Å²) in [7, 11) is 0. The number of nitrogens with one attached hydrogen (secondary N) is 3. The largest absolute Gasteiger partial charge is 0.326 e. The zero-order valence-corrected chi connectivity index (χ0v) is 15.1. The minimum absolute atomic E-state index is 0.189. The molecule has 6 nitrogen and oxygen atoms in total. The number of amides is 3. The van der Waals surface area contributed by atoms with Gasteiger partial charge in [0.15, 0.2) is 5.13 Å². The Balaban J connectivity index is 1.45. The quantitative estimate of drug-likeness (QED) is 0.585. The van der Waals surface area contributed by atoms with Crippen molar-refractivity contribution < 1.29 is 14.0 Å². The maximum atomic E-state index is 12.9. The van der Waals surface area contributed by atoms with Crippen molar-refractivity contribution in [3.63, 3.8) is 0 Å². The number of hydrogen-bond acceptors (Lipinski definition) is 4. The predicted molar refractivity (Wildman–Crippen MR) is 105 cm³/mol. The Hall–Kier alpha value is -3.26. The van der Waals surface area contributed by atoms with Gasteiger partial charge in [-0.2, -0.15) is 0 Å². The summed E-state index contributed by atoms with van der Waals surface area (Å²) in [5.41, 5.74) is 1.94. The highest BCUT2D eigenvalue weighted by Gasteiger charge is 2.09. The Morgan fingerprint density at radius 2 is 1.63 bits per heavy atom. The zero-order valence-electron chi connectivity index (χ0n) is 14.2. The molecule has 3 aromatic rings. The third-order valence-corrected chi connectivity index (χ3v) is 4.35. The molecule has 0 aliphatic rings. The van der Waals surface area contributed by atoms with Gasteiger partial charge in [0.2, 0.25) is 5.91 Å². The number of hydrogen-bond donors (Lipinski definition) is 3. The number of nitrogens with zero attached hydrogens (tertiary/aromatic N) is 1. The number of benzene rings is 2. The van der Waals surface area contributed by atoms with Crippen LogP contribution in [0.2, 0.25) is 0 Å². The van der Waals surface area contributed by atoms with E-state index in [4.69, 9.17) is 0 Å². The van der Waals surface area contributed by atoms with Gasteiger partial charge in [0, 0.05) is 23.2 Å². The van der Waals surface area contributed by atoms with Gasteiger partial charge in [0.1, 0.15) is 5.82 Å². The Morgan fingerprint density at radius 3 is 2.37 bits per heavy atom. The molecule has 0 saturated carbocycles. The average molecular weight is 384 g/mol. The van der Waals surface area contributed by atoms with Crippen LogP contribution in [-0.2, 0) is 11.2 Å². The van der Waals surface area contributed by atoms with Crippen molar-refractivity contribution >= 4 is 39.8 Å². The fourth-order valence-electron chi connectivity index (χ4n) is 2.26. The molecule has 0 aliphatic carbocycles. The third-order valence-electron chi connectivity index (χ3n) is 3.54. The van der Waals surface area contributed by atoms with E-state index in [0.29, 0.717) is 28.6 Å². The number of carbonyl (C=O) groups excluding carboxylic acids is 2. The molecule has 0 radical (unpaired) electrons. The van der Waals surface area contributed by atoms with Crippen LogP contribution < -0.4 is 16.0 Å². The van der Waals surface area contributed by atoms with Crippen LogP contribution in [0.5, 0.6) is 0 Å². The summed E-state index contributed by atoms with van der Waals surface area (Å²) in [6, 6.07) is 14.3. The topological polar surface area (TPSA) is 83.1 Å². The van der Waals surface area contributed by atoms with Gasteiger partial charge in [-0.3, -0.25) is 10.1 Å². The van der Waals surface area contributed by atoms with Crippen molar-refractivity contribution in [1.82, 2.24) is 4.98 Å². The summed E-state index contributed by atoms with van der Waals surface area (Å²) in [6.45, 7) is 0. The number of halogens is 1. The molecule has 2 aromatic carbocycles. The van der Waals surface area contributed by atoms with Crippen molar-refractivity contribution in [2.45, 2.75) is 12.8 Å². The fourth-order valence-corrected chi connectivity index (χ4v) is 3.00. The molecular weight excluding hydrogens is 367 g/mol. The molecule has 0 aliphatic heterocycles. The number of rotatable bonds is 6. The molecular formula is C19H17FN4O2S. The van der Waals surface area contributed by atoms with E-state index in [1.54, 1.807) is 17.5 Å². The molecule has 3 amide bonds. The number of carbonyl (C=O) groups is 2. The van der Waals surface area contributed by atoms with E-state index in [-0.39, 0.29) is 24.2 Å². The summed E-state index contributed by atoms with van der Waals surface area (Å²) in [6.07, 6.45) is 0.669. The molecule has 0 bridgehead atoms. The first-order valence-corrected chi connectivity index (χ1v) is 9.09. The molecule has 8 heteroatoms. The van der Waals surface area contributed by atoms with E-state index >= 15 is 0 Å². The third kappa shape index (κ3) is 5.89. The van der Waals surface area contributed by atoms with Gasteiger partial charge in [-0.15, -0.1) is 11.3 Å². The van der Waals surface area contributed by atoms with E-state index in [2.05, 4.69) is 20.9 Å². The number of thiazole rings is 1. The molecule has 0 unspecified atom stereocenters. The van der Waals surface area contributed by atoms with Crippen LogP contribution in [-0.4, -0.2) is 16.9 Å². The molecule has 0 atom stereocenters. The monoisotopic (exact) mass is 384 g/mol. The smallest absolute Gasteiger partial charge is 0.325 e. The van der Waals surface area contributed by atoms with Gasteiger partial charge >= 0.3 is 6.03 Å². The van der Waals surface area contributed by atoms with Crippen LogP contribution in [0.3, 0.4) is 0 Å². The highest BCUT2D eigenvalue weighted by molar-refractivity contribution is 7.13. The summed E-state index contributed by atoms with van der Waals surface area (Å²) < 4.78 is 12.9. The molecule has 0 fully saturated rings. The van der Waals surface area contributed by atoms with Gasteiger partial charge in [0.25, 0.3) is 0 Å². The Morgan fingerprint density at radius 1 is 0.926 bits per heavy atom. The maximum absolute atomic E-state index is 12.9. The van der Waals surface area contributed by atoms with E-state index in [1.807, 2.05) is 18.2 Å². The molecule has 1 aromatic heterocycles. The van der Waals surface area contributed by atoms with Crippen LogP contribution in [0, 0.1) is 5.82 Å². The molecule has 1 heterocycles. The predicted octanol–water partition coefficient (Wildman–Crippen LogP) is 4.50. The summed E-state index contributed by atoms with van der Waals surface area (Å²) in [5.74, 6) is -0.544. The second kappa shape index (κ2) is 8.91. The van der Waals surface area contributed by atoms with Gasteiger partial charge in [-0.1, -0.05) is 18.2 Å². The van der Waals surface area contributed by atoms with Crippen molar-refractivity contribution in [2.75, 3.05) is 16.0 Å². The number of aryl methyl sites for hydroxylation is 1. The van der Waals surface area contributed by atoms with E-state index < -0.39 is 0 Å². The van der Waals surface area contributed by atoms with Gasteiger partial charge in [-0.25, -0.2) is 14.2 Å². The van der Waals surface area contributed by atoms with Crippen LogP contribution in [0.25, 0.3) is 0 Å². The van der Waals surface area contributed by atoms with Crippen molar-refractivity contribution in [3.8, 4) is 0 Å². The summed E-state index contributed by atoms with van der Waals surface area (Å²) in [4.78, 5) is 28.2. The first kappa shape index (κ1) is 18.5. The van der Waals surface area contributed by atoms with Crippen LogP contribution >= 0.6 is 11.3 Å². The normalized spacial score (nSPS) is 10.3. The standard InChI is InChI=1S/C19H17FN4O2S/c20-13-6-8-15(9-7-13)21-17(25)11-10-16-12-27-19(23-16)24-18(26)22-14-4-2-1-3-5-14/h1-9,12H,10-11H2,(H,21,25)(H2,22,23,24,26). The fraction of sp³-hybridized carbons (Fsp3) is 0.105. The van der Waals surface area contributed by atoms with Crippen molar-refractivity contribution in [2.24, 2.45) is 0 Å². The Labute approximate surface area is 159 Å². The minimum atomic E-state index is -0.379. The lowest BCUT2D eigenvalue weighted by Crippen LogP contribution is -2.19. The molecule has 3 N–H and O–H groups in total. The van der Waals surface area contributed by atoms with Crippen molar-refractivity contribution in [3.05, 3.63) is 71.5 Å². The summed E-state index contributed by atoms with van der Waals surface area (Å²) in [5, 5.41) is 10.3. The molecule has 138 valence electrons. The average Bonchev–Trinajstić information content (AvgIpc) is 3.10. The highest BCUT2D eigenvalue weighted by atomic mass is 32.1. The zero-order chi connectivity index (χ0) is 19.1. The van der Waals surface area contributed by atoms with E-state index in [9.17, 15) is 14.0 Å². The second-order valence-electron chi connectivity index (χ2n) is 5.64. The van der Waals surface area contributed by atoms with Gasteiger partial charge < -0.3 is 10.6 Å². The van der Waals surface area contributed by atoms with Gasteiger partial charge in [-0.05, 0) is 42.8 Å².